The smallest absolute Gasteiger partial charge is 0.0897 e. The highest BCUT2D eigenvalue weighted by Gasteiger charge is 2.11. The molecule has 0 saturated heterocycles. The summed E-state index contributed by atoms with van der Waals surface area (Å²) in [7, 11) is 0. The van der Waals surface area contributed by atoms with Crippen molar-refractivity contribution < 1.29 is 5.11 Å². The Morgan fingerprint density at radius 1 is 1.20 bits per heavy atom. The highest BCUT2D eigenvalue weighted by atomic mass is 32.1. The Bertz CT molecular complexity index is 718. The van der Waals surface area contributed by atoms with Gasteiger partial charge in [0.05, 0.1) is 22.3 Å². The number of aliphatic hydroxyl groups is 1. The summed E-state index contributed by atoms with van der Waals surface area (Å²) in [5.41, 5.74) is 3.08. The van der Waals surface area contributed by atoms with Gasteiger partial charge < -0.3 is 5.11 Å². The van der Waals surface area contributed by atoms with Crippen LogP contribution in [0.4, 0.5) is 0 Å². The van der Waals surface area contributed by atoms with E-state index in [1.54, 1.807) is 17.5 Å². The van der Waals surface area contributed by atoms with Crippen LogP contribution in [0.15, 0.2) is 41.9 Å². The molecule has 102 valence electrons. The molecule has 0 radical (unpaired) electrons. The highest BCUT2D eigenvalue weighted by molar-refractivity contribution is 7.09. The van der Waals surface area contributed by atoms with Crippen LogP contribution in [-0.2, 0) is 12.8 Å². The second-order valence-corrected chi connectivity index (χ2v) is 5.97. The van der Waals surface area contributed by atoms with Gasteiger partial charge in [-0.1, -0.05) is 18.2 Å². The average molecular weight is 284 g/mol. The van der Waals surface area contributed by atoms with Crippen LogP contribution in [0.2, 0.25) is 0 Å². The van der Waals surface area contributed by atoms with Crippen molar-refractivity contribution in [3.8, 4) is 0 Å². The number of thiazole rings is 1. The zero-order valence-electron chi connectivity index (χ0n) is 11.3. The van der Waals surface area contributed by atoms with Gasteiger partial charge in [0.2, 0.25) is 0 Å². The number of aliphatic hydroxyl groups excluding tert-OH is 1. The first kappa shape index (κ1) is 13.2. The maximum atomic E-state index is 10.3. The van der Waals surface area contributed by atoms with Crippen LogP contribution in [0.1, 0.15) is 16.3 Å². The normalized spacial score (nSPS) is 12.7. The molecule has 2 aromatic heterocycles. The lowest BCUT2D eigenvalue weighted by atomic mass is 10.0. The van der Waals surface area contributed by atoms with Crippen molar-refractivity contribution in [1.82, 2.24) is 9.97 Å². The minimum Gasteiger partial charge on any atom is -0.392 e. The summed E-state index contributed by atoms with van der Waals surface area (Å²) < 4.78 is 0. The fourth-order valence-corrected chi connectivity index (χ4v) is 3.03. The van der Waals surface area contributed by atoms with Crippen LogP contribution >= 0.6 is 11.3 Å². The molecule has 0 bridgehead atoms. The molecule has 3 aromatic rings. The van der Waals surface area contributed by atoms with E-state index >= 15 is 0 Å². The molecule has 0 aliphatic rings. The zero-order valence-corrected chi connectivity index (χ0v) is 12.1. The molecule has 0 aliphatic carbocycles. The first-order valence-electron chi connectivity index (χ1n) is 6.64. The standard InChI is InChI=1S/C16H16N2OS/c1-11-18-13(10-20-11)9-14(19)8-12-6-7-17-16-5-3-2-4-15(12)16/h2-7,10,14,19H,8-9H2,1H3. The van der Waals surface area contributed by atoms with Crippen molar-refractivity contribution in [1.29, 1.82) is 0 Å². The third kappa shape index (κ3) is 2.86. The van der Waals surface area contributed by atoms with E-state index in [4.69, 9.17) is 0 Å². The van der Waals surface area contributed by atoms with Crippen LogP contribution in [0.3, 0.4) is 0 Å². The van der Waals surface area contributed by atoms with Gasteiger partial charge >= 0.3 is 0 Å². The first-order chi connectivity index (χ1) is 9.72. The molecule has 2 heterocycles. The average Bonchev–Trinajstić information content (AvgIpc) is 2.84. The van der Waals surface area contributed by atoms with Gasteiger partial charge in [-0.15, -0.1) is 11.3 Å². The number of benzene rings is 1. The number of fused-ring (bicyclic) bond motifs is 1. The molecule has 0 fully saturated rings. The van der Waals surface area contributed by atoms with Crippen molar-refractivity contribution in [2.45, 2.75) is 25.9 Å². The summed E-state index contributed by atoms with van der Waals surface area (Å²) in [5.74, 6) is 0. The molecule has 0 aliphatic heterocycles. The quantitative estimate of drug-likeness (QED) is 0.800. The zero-order chi connectivity index (χ0) is 13.9. The largest absolute Gasteiger partial charge is 0.392 e. The number of pyridine rings is 1. The van der Waals surface area contributed by atoms with Gasteiger partial charge in [0.1, 0.15) is 0 Å². The summed E-state index contributed by atoms with van der Waals surface area (Å²) in [6, 6.07) is 10.0. The Balaban J connectivity index is 1.79. The Morgan fingerprint density at radius 3 is 2.85 bits per heavy atom. The Kier molecular flexibility index (Phi) is 3.76. The molecule has 0 spiro atoms. The van der Waals surface area contributed by atoms with E-state index in [2.05, 4.69) is 16.0 Å². The number of aromatic nitrogens is 2. The van der Waals surface area contributed by atoms with Crippen molar-refractivity contribution in [2.24, 2.45) is 0 Å². The van der Waals surface area contributed by atoms with Gasteiger partial charge in [-0.25, -0.2) is 4.98 Å². The Morgan fingerprint density at radius 2 is 2.05 bits per heavy atom. The topological polar surface area (TPSA) is 46.0 Å². The van der Waals surface area contributed by atoms with Gasteiger partial charge in [0.15, 0.2) is 0 Å². The summed E-state index contributed by atoms with van der Waals surface area (Å²) in [5, 5.41) is 14.4. The third-order valence-electron chi connectivity index (χ3n) is 3.31. The summed E-state index contributed by atoms with van der Waals surface area (Å²) >= 11 is 1.62. The van der Waals surface area contributed by atoms with Gasteiger partial charge in [-0.3, -0.25) is 4.98 Å². The second-order valence-electron chi connectivity index (χ2n) is 4.91. The molecular weight excluding hydrogens is 268 g/mol. The summed E-state index contributed by atoms with van der Waals surface area (Å²) in [4.78, 5) is 8.74. The number of aryl methyl sites for hydroxylation is 1. The summed E-state index contributed by atoms with van der Waals surface area (Å²) in [6.07, 6.45) is 2.61. The molecule has 20 heavy (non-hydrogen) atoms. The molecular formula is C16H16N2OS. The highest BCUT2D eigenvalue weighted by Crippen LogP contribution is 2.19. The minimum absolute atomic E-state index is 0.415. The molecule has 3 rings (SSSR count). The number of para-hydroxylation sites is 1. The lowest BCUT2D eigenvalue weighted by molar-refractivity contribution is 0.174. The molecule has 1 aromatic carbocycles. The van der Waals surface area contributed by atoms with E-state index in [9.17, 15) is 5.11 Å². The van der Waals surface area contributed by atoms with E-state index in [0.717, 1.165) is 27.2 Å². The van der Waals surface area contributed by atoms with Crippen molar-refractivity contribution in [2.75, 3.05) is 0 Å². The third-order valence-corrected chi connectivity index (χ3v) is 4.13. The van der Waals surface area contributed by atoms with Crippen LogP contribution < -0.4 is 0 Å². The van der Waals surface area contributed by atoms with Gasteiger partial charge in [0, 0.05) is 23.4 Å². The van der Waals surface area contributed by atoms with Crippen LogP contribution in [0, 0.1) is 6.92 Å². The van der Waals surface area contributed by atoms with E-state index in [-0.39, 0.29) is 0 Å². The molecule has 3 nitrogen and oxygen atoms in total. The fraction of sp³-hybridized carbons (Fsp3) is 0.250. The Hall–Kier alpha value is -1.78. The van der Waals surface area contributed by atoms with Crippen molar-refractivity contribution in [3.05, 3.63) is 58.2 Å². The monoisotopic (exact) mass is 284 g/mol. The van der Waals surface area contributed by atoms with E-state index in [1.165, 1.54) is 0 Å². The first-order valence-corrected chi connectivity index (χ1v) is 7.52. The molecule has 1 N–H and O–H groups in total. The van der Waals surface area contributed by atoms with Crippen LogP contribution in [0.25, 0.3) is 10.9 Å². The SMILES string of the molecule is Cc1nc(CC(O)Cc2ccnc3ccccc23)cs1. The van der Waals surface area contributed by atoms with Crippen molar-refractivity contribution >= 4 is 22.2 Å². The maximum Gasteiger partial charge on any atom is 0.0897 e. The van der Waals surface area contributed by atoms with Gasteiger partial charge in [-0.2, -0.15) is 0 Å². The molecule has 1 atom stereocenters. The summed E-state index contributed by atoms with van der Waals surface area (Å²) in [6.45, 7) is 1.98. The number of nitrogens with zero attached hydrogens (tertiary/aromatic N) is 2. The van der Waals surface area contributed by atoms with E-state index < -0.39 is 6.10 Å². The lowest BCUT2D eigenvalue weighted by Gasteiger charge is -2.11. The van der Waals surface area contributed by atoms with Crippen LogP contribution in [0.5, 0.6) is 0 Å². The molecule has 0 amide bonds. The second kappa shape index (κ2) is 5.69. The van der Waals surface area contributed by atoms with Gasteiger partial charge in [-0.05, 0) is 31.0 Å². The molecule has 4 heteroatoms. The minimum atomic E-state index is -0.415. The lowest BCUT2D eigenvalue weighted by Crippen LogP contribution is -2.14. The molecule has 1 unspecified atom stereocenters. The van der Waals surface area contributed by atoms with Crippen molar-refractivity contribution in [3.63, 3.8) is 0 Å². The van der Waals surface area contributed by atoms with Crippen LogP contribution in [-0.4, -0.2) is 21.2 Å². The number of hydrogen-bond donors (Lipinski definition) is 1. The maximum absolute atomic E-state index is 10.3. The van der Waals surface area contributed by atoms with E-state index in [1.807, 2.05) is 36.6 Å². The predicted octanol–water partition coefficient (Wildman–Crippen LogP) is 3.15. The number of hydrogen-bond acceptors (Lipinski definition) is 4. The number of rotatable bonds is 4. The predicted molar refractivity (Wildman–Crippen MR) is 82.0 cm³/mol. The Labute approximate surface area is 122 Å². The fourth-order valence-electron chi connectivity index (χ4n) is 2.40. The van der Waals surface area contributed by atoms with Gasteiger partial charge in [0.25, 0.3) is 0 Å². The molecule has 0 saturated carbocycles. The van der Waals surface area contributed by atoms with E-state index in [0.29, 0.717) is 12.8 Å².